The van der Waals surface area contributed by atoms with Gasteiger partial charge >= 0.3 is 5.97 Å². The zero-order valence-corrected chi connectivity index (χ0v) is 20.6. The maximum absolute atomic E-state index is 11.8. The summed E-state index contributed by atoms with van der Waals surface area (Å²) in [5.41, 5.74) is 0. The van der Waals surface area contributed by atoms with E-state index in [9.17, 15) is 25.2 Å². The van der Waals surface area contributed by atoms with E-state index in [-0.39, 0.29) is 19.6 Å². The predicted octanol–water partition coefficient (Wildman–Crippen LogP) is 1.96. The Morgan fingerprint density at radius 2 is 1.50 bits per heavy atom. The fraction of sp³-hybridized carbons (Fsp3) is 0.880. The second kappa shape index (κ2) is 19.2. The standard InChI is InChI=1S/C25H46O9/c1-2-3-4-5-6-7-8-9-10-11-12-13-14-15-21(28)32-17-19(27)18-33-25-24(31)23(30)22(29)20(16-26)34-25/h7-8,19-20,22-27,29-31H,2-6,9-18H2,1H3/b8-7-/t19-,20?,22?,23?,24?,25?/m1/s1. The number of hydrogen-bond donors (Lipinski definition) is 5. The number of esters is 1. The molecule has 0 aromatic carbocycles. The molecule has 0 saturated carbocycles. The van der Waals surface area contributed by atoms with E-state index in [2.05, 4.69) is 19.1 Å². The van der Waals surface area contributed by atoms with Crippen LogP contribution in [0.4, 0.5) is 0 Å². The molecule has 1 fully saturated rings. The Morgan fingerprint density at radius 3 is 2.15 bits per heavy atom. The van der Waals surface area contributed by atoms with Crippen LogP contribution in [0.1, 0.15) is 84.0 Å². The molecule has 0 amide bonds. The van der Waals surface area contributed by atoms with Crippen LogP contribution in [0.3, 0.4) is 0 Å². The van der Waals surface area contributed by atoms with Gasteiger partial charge in [-0.15, -0.1) is 0 Å². The molecule has 0 aromatic heterocycles. The van der Waals surface area contributed by atoms with Gasteiger partial charge in [-0.1, -0.05) is 57.6 Å². The summed E-state index contributed by atoms with van der Waals surface area (Å²) in [5, 5.41) is 48.4. The van der Waals surface area contributed by atoms with E-state index in [1.165, 1.54) is 32.1 Å². The lowest BCUT2D eigenvalue weighted by atomic mass is 9.99. The van der Waals surface area contributed by atoms with Crippen molar-refractivity contribution in [1.29, 1.82) is 0 Å². The van der Waals surface area contributed by atoms with Crippen LogP contribution in [0.15, 0.2) is 12.2 Å². The van der Waals surface area contributed by atoms with Gasteiger partial charge in [-0.2, -0.15) is 0 Å². The summed E-state index contributed by atoms with van der Waals surface area (Å²) < 4.78 is 15.5. The van der Waals surface area contributed by atoms with Gasteiger partial charge in [0.15, 0.2) is 6.29 Å². The zero-order chi connectivity index (χ0) is 25.2. The first-order valence-electron chi connectivity index (χ1n) is 12.8. The summed E-state index contributed by atoms with van der Waals surface area (Å²) in [4.78, 5) is 11.8. The monoisotopic (exact) mass is 490 g/mol. The lowest BCUT2D eigenvalue weighted by molar-refractivity contribution is -0.305. The van der Waals surface area contributed by atoms with Gasteiger partial charge < -0.3 is 39.7 Å². The summed E-state index contributed by atoms with van der Waals surface area (Å²) in [6.45, 7) is 1.07. The van der Waals surface area contributed by atoms with Crippen molar-refractivity contribution in [3.05, 3.63) is 12.2 Å². The Kier molecular flexibility index (Phi) is 17.4. The molecule has 0 bridgehead atoms. The summed E-state index contributed by atoms with van der Waals surface area (Å²) in [6.07, 6.45) is 9.27. The van der Waals surface area contributed by atoms with Crippen molar-refractivity contribution in [1.82, 2.24) is 0 Å². The van der Waals surface area contributed by atoms with Crippen LogP contribution in [-0.4, -0.2) is 88.1 Å². The largest absolute Gasteiger partial charge is 0.463 e. The fourth-order valence-corrected chi connectivity index (χ4v) is 3.71. The molecule has 1 rings (SSSR count). The highest BCUT2D eigenvalue weighted by molar-refractivity contribution is 5.69. The molecule has 0 spiro atoms. The van der Waals surface area contributed by atoms with Crippen LogP contribution in [0, 0.1) is 0 Å². The Hall–Kier alpha value is -1.07. The molecule has 0 radical (unpaired) electrons. The minimum absolute atomic E-state index is 0.263. The van der Waals surface area contributed by atoms with Crippen LogP contribution in [0.25, 0.3) is 0 Å². The van der Waals surface area contributed by atoms with Crippen molar-refractivity contribution >= 4 is 5.97 Å². The zero-order valence-electron chi connectivity index (χ0n) is 20.6. The van der Waals surface area contributed by atoms with E-state index >= 15 is 0 Å². The smallest absolute Gasteiger partial charge is 0.305 e. The molecule has 0 aromatic rings. The van der Waals surface area contributed by atoms with E-state index in [0.29, 0.717) is 0 Å². The molecule has 6 atom stereocenters. The first kappa shape index (κ1) is 31.0. The second-order valence-electron chi connectivity index (χ2n) is 8.99. The molecule has 1 heterocycles. The molecule has 34 heavy (non-hydrogen) atoms. The lowest BCUT2D eigenvalue weighted by Crippen LogP contribution is -2.59. The maximum Gasteiger partial charge on any atom is 0.305 e. The van der Waals surface area contributed by atoms with Crippen molar-refractivity contribution in [3.63, 3.8) is 0 Å². The van der Waals surface area contributed by atoms with Gasteiger partial charge in [-0.25, -0.2) is 0 Å². The van der Waals surface area contributed by atoms with Crippen LogP contribution in [-0.2, 0) is 19.0 Å². The molecule has 1 saturated heterocycles. The molecule has 9 nitrogen and oxygen atoms in total. The van der Waals surface area contributed by atoms with Gasteiger partial charge in [-0.05, 0) is 32.1 Å². The third-order valence-electron chi connectivity index (χ3n) is 5.88. The molecule has 9 heteroatoms. The van der Waals surface area contributed by atoms with Gasteiger partial charge in [0.05, 0.1) is 13.2 Å². The third kappa shape index (κ3) is 13.1. The van der Waals surface area contributed by atoms with Gasteiger partial charge in [0.2, 0.25) is 0 Å². The topological polar surface area (TPSA) is 146 Å². The first-order chi connectivity index (χ1) is 16.4. The van der Waals surface area contributed by atoms with Crippen molar-refractivity contribution < 1.29 is 44.5 Å². The fourth-order valence-electron chi connectivity index (χ4n) is 3.71. The molecule has 200 valence electrons. The third-order valence-corrected chi connectivity index (χ3v) is 5.88. The van der Waals surface area contributed by atoms with Crippen LogP contribution in [0.2, 0.25) is 0 Å². The molecule has 1 aliphatic rings. The molecular formula is C25H46O9. The van der Waals surface area contributed by atoms with Gasteiger partial charge in [0, 0.05) is 6.42 Å². The van der Waals surface area contributed by atoms with Crippen molar-refractivity contribution in [2.75, 3.05) is 19.8 Å². The van der Waals surface area contributed by atoms with Crippen molar-refractivity contribution in [2.24, 2.45) is 0 Å². The van der Waals surface area contributed by atoms with Crippen molar-refractivity contribution in [3.8, 4) is 0 Å². The Labute approximate surface area is 203 Å². The first-order valence-corrected chi connectivity index (χ1v) is 12.8. The number of rotatable bonds is 19. The number of carbonyl (C=O) groups excluding carboxylic acids is 1. The van der Waals surface area contributed by atoms with Gasteiger partial charge in [0.25, 0.3) is 0 Å². The minimum atomic E-state index is -1.55. The normalized spacial score (nSPS) is 26.1. The molecular weight excluding hydrogens is 444 g/mol. The van der Waals surface area contributed by atoms with E-state index in [1.54, 1.807) is 0 Å². The van der Waals surface area contributed by atoms with Gasteiger partial charge in [0.1, 0.15) is 37.1 Å². The number of aliphatic hydroxyl groups is 5. The number of carbonyl (C=O) groups is 1. The predicted molar refractivity (Wildman–Crippen MR) is 127 cm³/mol. The van der Waals surface area contributed by atoms with Crippen molar-refractivity contribution in [2.45, 2.75) is 121 Å². The average molecular weight is 491 g/mol. The lowest BCUT2D eigenvalue weighted by Gasteiger charge is -2.39. The molecule has 5 N–H and O–H groups in total. The van der Waals surface area contributed by atoms with E-state index in [0.717, 1.165) is 38.5 Å². The SMILES string of the molecule is CCCCCC/C=C\CCCCCCCC(=O)OC[C@@H](O)COC1OC(CO)C(O)C(O)C1O. The van der Waals surface area contributed by atoms with Gasteiger partial charge in [-0.3, -0.25) is 4.79 Å². The Balaban J connectivity index is 2.02. The Bertz CT molecular complexity index is 540. The summed E-state index contributed by atoms with van der Waals surface area (Å²) in [7, 11) is 0. The summed E-state index contributed by atoms with van der Waals surface area (Å²) in [6, 6.07) is 0. The highest BCUT2D eigenvalue weighted by Crippen LogP contribution is 2.22. The second-order valence-corrected chi connectivity index (χ2v) is 8.99. The number of unbranched alkanes of at least 4 members (excludes halogenated alkanes) is 9. The highest BCUT2D eigenvalue weighted by atomic mass is 16.7. The van der Waals surface area contributed by atoms with Crippen LogP contribution >= 0.6 is 0 Å². The minimum Gasteiger partial charge on any atom is -0.463 e. The van der Waals surface area contributed by atoms with E-state index < -0.39 is 49.4 Å². The summed E-state index contributed by atoms with van der Waals surface area (Å²) in [5.74, 6) is -0.391. The molecule has 0 aliphatic carbocycles. The number of aliphatic hydroxyl groups excluding tert-OH is 5. The average Bonchev–Trinajstić information content (AvgIpc) is 2.83. The van der Waals surface area contributed by atoms with Crippen LogP contribution < -0.4 is 0 Å². The Morgan fingerprint density at radius 1 is 0.882 bits per heavy atom. The number of hydrogen-bond acceptors (Lipinski definition) is 9. The number of allylic oxidation sites excluding steroid dienone is 2. The van der Waals surface area contributed by atoms with E-state index in [1.807, 2.05) is 0 Å². The van der Waals surface area contributed by atoms with Crippen LogP contribution in [0.5, 0.6) is 0 Å². The quantitative estimate of drug-likeness (QED) is 0.104. The summed E-state index contributed by atoms with van der Waals surface area (Å²) >= 11 is 0. The molecule has 5 unspecified atom stereocenters. The number of ether oxygens (including phenoxy) is 3. The van der Waals surface area contributed by atoms with E-state index in [4.69, 9.17) is 19.3 Å². The highest BCUT2D eigenvalue weighted by Gasteiger charge is 2.44. The molecule has 1 aliphatic heterocycles. The maximum atomic E-state index is 11.8.